The van der Waals surface area contributed by atoms with Gasteiger partial charge in [0.25, 0.3) is 5.56 Å². The lowest BCUT2D eigenvalue weighted by Gasteiger charge is -2.09. The summed E-state index contributed by atoms with van der Waals surface area (Å²) in [6.45, 7) is 1.93. The van der Waals surface area contributed by atoms with E-state index in [0.29, 0.717) is 31.0 Å². The summed E-state index contributed by atoms with van der Waals surface area (Å²) in [5.41, 5.74) is 3.23. The van der Waals surface area contributed by atoms with Crippen LogP contribution in [-0.4, -0.2) is 34.2 Å². The molecule has 0 spiro atoms. The van der Waals surface area contributed by atoms with E-state index in [9.17, 15) is 14.4 Å². The van der Waals surface area contributed by atoms with Gasteiger partial charge in [0.15, 0.2) is 5.16 Å². The van der Waals surface area contributed by atoms with Crippen molar-refractivity contribution in [2.75, 3.05) is 17.7 Å². The Labute approximate surface area is 234 Å². The SMILES string of the molecule is CCOC(=O)c1c(-c2ccc(Cl)cc2)csc1NC(=O)CSc1nc2scc(-c3ccccc3)c2c(=O)[nH]1. The summed E-state index contributed by atoms with van der Waals surface area (Å²) in [6.07, 6.45) is 0. The summed E-state index contributed by atoms with van der Waals surface area (Å²) >= 11 is 9.74. The summed E-state index contributed by atoms with van der Waals surface area (Å²) in [7, 11) is 0. The fourth-order valence-electron chi connectivity index (χ4n) is 3.82. The summed E-state index contributed by atoms with van der Waals surface area (Å²) in [4.78, 5) is 46.4. The molecule has 0 saturated carbocycles. The molecule has 0 aliphatic rings. The Morgan fingerprint density at radius 1 is 1.03 bits per heavy atom. The second kappa shape index (κ2) is 11.5. The minimum Gasteiger partial charge on any atom is -0.462 e. The van der Waals surface area contributed by atoms with Gasteiger partial charge in [0.1, 0.15) is 15.4 Å². The number of ether oxygens (including phenoxy) is 1. The van der Waals surface area contributed by atoms with Crippen molar-refractivity contribution < 1.29 is 14.3 Å². The Hall–Kier alpha value is -3.44. The van der Waals surface area contributed by atoms with Crippen LogP contribution in [0.3, 0.4) is 0 Å². The number of H-pyrrole nitrogens is 1. The number of rotatable bonds is 8. The second-order valence-corrected chi connectivity index (χ2v) is 11.1. The highest BCUT2D eigenvalue weighted by atomic mass is 35.5. The lowest BCUT2D eigenvalue weighted by Crippen LogP contribution is -2.17. The van der Waals surface area contributed by atoms with E-state index < -0.39 is 5.97 Å². The molecule has 3 heterocycles. The molecule has 0 aliphatic carbocycles. The van der Waals surface area contributed by atoms with Crippen LogP contribution >= 0.6 is 46.0 Å². The van der Waals surface area contributed by atoms with Crippen molar-refractivity contribution in [3.8, 4) is 22.3 Å². The van der Waals surface area contributed by atoms with Gasteiger partial charge < -0.3 is 15.0 Å². The average molecular weight is 582 g/mol. The molecule has 3 aromatic heterocycles. The number of carbonyl (C=O) groups is 2. The summed E-state index contributed by atoms with van der Waals surface area (Å²) in [5.74, 6) is -0.879. The van der Waals surface area contributed by atoms with Crippen LogP contribution in [0.4, 0.5) is 5.00 Å². The summed E-state index contributed by atoms with van der Waals surface area (Å²) < 4.78 is 5.25. The van der Waals surface area contributed by atoms with Crippen molar-refractivity contribution in [3.63, 3.8) is 0 Å². The molecule has 0 unspecified atom stereocenters. The molecule has 0 bridgehead atoms. The largest absolute Gasteiger partial charge is 0.462 e. The number of halogens is 1. The van der Waals surface area contributed by atoms with Crippen molar-refractivity contribution in [1.82, 2.24) is 9.97 Å². The van der Waals surface area contributed by atoms with Gasteiger partial charge in [-0.3, -0.25) is 9.59 Å². The average Bonchev–Trinajstić information content (AvgIpc) is 3.53. The number of carbonyl (C=O) groups excluding carboxylic acids is 2. The first-order valence-corrected chi connectivity index (χ1v) is 14.6. The van der Waals surface area contributed by atoms with Gasteiger partial charge in [-0.2, -0.15) is 0 Å². The molecular weight excluding hydrogens is 562 g/mol. The van der Waals surface area contributed by atoms with Gasteiger partial charge in [0, 0.05) is 26.9 Å². The summed E-state index contributed by atoms with van der Waals surface area (Å²) in [6, 6.07) is 16.7. The predicted molar refractivity (Wildman–Crippen MR) is 156 cm³/mol. The number of thiophene rings is 2. The Morgan fingerprint density at radius 2 is 1.74 bits per heavy atom. The molecule has 2 aromatic carbocycles. The highest BCUT2D eigenvalue weighted by Gasteiger charge is 2.23. The third kappa shape index (κ3) is 5.53. The number of aromatic nitrogens is 2. The third-order valence-electron chi connectivity index (χ3n) is 5.53. The van der Waals surface area contributed by atoms with E-state index >= 15 is 0 Å². The molecular formula is C27H20ClN3O4S3. The highest BCUT2D eigenvalue weighted by Crippen LogP contribution is 2.37. The van der Waals surface area contributed by atoms with Crippen molar-refractivity contribution in [2.24, 2.45) is 0 Å². The van der Waals surface area contributed by atoms with Crippen LogP contribution in [0, 0.1) is 0 Å². The number of nitrogens with one attached hydrogen (secondary N) is 2. The van der Waals surface area contributed by atoms with E-state index in [4.69, 9.17) is 16.3 Å². The second-order valence-electron chi connectivity index (χ2n) is 7.98. The monoisotopic (exact) mass is 581 g/mol. The molecule has 0 aliphatic heterocycles. The predicted octanol–water partition coefficient (Wildman–Crippen LogP) is 6.94. The lowest BCUT2D eigenvalue weighted by atomic mass is 10.0. The number of fused-ring (bicyclic) bond motifs is 1. The molecule has 5 rings (SSSR count). The molecule has 5 aromatic rings. The number of thioether (sulfide) groups is 1. The van der Waals surface area contributed by atoms with Gasteiger partial charge in [-0.05, 0) is 30.2 Å². The third-order valence-corrected chi connectivity index (χ3v) is 8.42. The first-order valence-electron chi connectivity index (χ1n) is 11.5. The number of hydrogen-bond donors (Lipinski definition) is 2. The smallest absolute Gasteiger partial charge is 0.341 e. The van der Waals surface area contributed by atoms with Gasteiger partial charge in [-0.25, -0.2) is 9.78 Å². The van der Waals surface area contributed by atoms with Crippen LogP contribution in [0.1, 0.15) is 17.3 Å². The maximum atomic E-state index is 12.9. The molecule has 38 heavy (non-hydrogen) atoms. The van der Waals surface area contributed by atoms with Crippen LogP contribution < -0.4 is 10.9 Å². The summed E-state index contributed by atoms with van der Waals surface area (Å²) in [5, 5.41) is 8.37. The first kappa shape index (κ1) is 26.2. The van der Waals surface area contributed by atoms with E-state index in [1.807, 2.05) is 35.7 Å². The van der Waals surface area contributed by atoms with Gasteiger partial charge in [0.05, 0.1) is 17.7 Å². The normalized spacial score (nSPS) is 11.0. The zero-order chi connectivity index (χ0) is 26.6. The quantitative estimate of drug-likeness (QED) is 0.117. The van der Waals surface area contributed by atoms with Crippen LogP contribution in [0.25, 0.3) is 32.5 Å². The number of aromatic amines is 1. The fourth-order valence-corrected chi connectivity index (χ4v) is 6.59. The first-order chi connectivity index (χ1) is 18.4. The molecule has 0 fully saturated rings. The maximum Gasteiger partial charge on any atom is 0.341 e. The van der Waals surface area contributed by atoms with Gasteiger partial charge in [0.2, 0.25) is 5.91 Å². The van der Waals surface area contributed by atoms with E-state index in [2.05, 4.69) is 15.3 Å². The number of hydrogen-bond acceptors (Lipinski definition) is 8. The lowest BCUT2D eigenvalue weighted by molar-refractivity contribution is -0.113. The van der Waals surface area contributed by atoms with E-state index in [1.54, 1.807) is 36.6 Å². The number of anilines is 1. The van der Waals surface area contributed by atoms with Gasteiger partial charge >= 0.3 is 5.97 Å². The topological polar surface area (TPSA) is 101 Å². The van der Waals surface area contributed by atoms with Crippen LogP contribution in [-0.2, 0) is 9.53 Å². The fraction of sp³-hybridized carbons (Fsp3) is 0.111. The Bertz CT molecular complexity index is 1680. The molecule has 0 saturated heterocycles. The molecule has 192 valence electrons. The van der Waals surface area contributed by atoms with Crippen molar-refractivity contribution >= 4 is 73.1 Å². The molecule has 2 N–H and O–H groups in total. The van der Waals surface area contributed by atoms with E-state index in [0.717, 1.165) is 28.5 Å². The van der Waals surface area contributed by atoms with Gasteiger partial charge in [-0.1, -0.05) is 65.8 Å². The van der Waals surface area contributed by atoms with Crippen molar-refractivity contribution in [2.45, 2.75) is 12.1 Å². The zero-order valence-electron chi connectivity index (χ0n) is 19.9. The standard InChI is InChI=1S/C27H20ClN3O4S3/c1-2-35-26(34)22-19(16-8-10-17(28)11-9-16)13-37-25(22)29-20(32)14-38-27-30-23(33)21-18(12-36-24(21)31-27)15-6-4-3-5-7-15/h3-13H,2,14H2,1H3,(H,29,32)(H,30,31,33). The molecule has 7 nitrogen and oxygen atoms in total. The Balaban J connectivity index is 1.33. The van der Waals surface area contributed by atoms with Crippen molar-refractivity contribution in [3.05, 3.63) is 86.3 Å². The van der Waals surface area contributed by atoms with Crippen LogP contribution in [0.2, 0.25) is 5.02 Å². The Morgan fingerprint density at radius 3 is 2.47 bits per heavy atom. The molecule has 0 atom stereocenters. The maximum absolute atomic E-state index is 12.9. The Kier molecular flexibility index (Phi) is 7.94. The molecule has 1 amide bonds. The van der Waals surface area contributed by atoms with Crippen molar-refractivity contribution in [1.29, 1.82) is 0 Å². The van der Waals surface area contributed by atoms with E-state index in [-0.39, 0.29) is 29.4 Å². The number of nitrogens with zero attached hydrogens (tertiary/aromatic N) is 1. The molecule has 11 heteroatoms. The zero-order valence-corrected chi connectivity index (χ0v) is 23.2. The number of esters is 1. The number of benzene rings is 2. The van der Waals surface area contributed by atoms with Gasteiger partial charge in [-0.15, -0.1) is 22.7 Å². The number of amides is 1. The van der Waals surface area contributed by atoms with Crippen LogP contribution in [0.5, 0.6) is 0 Å². The minimum absolute atomic E-state index is 0.0121. The minimum atomic E-state index is -0.523. The van der Waals surface area contributed by atoms with E-state index in [1.165, 1.54) is 22.7 Å². The molecule has 0 radical (unpaired) electrons. The van der Waals surface area contributed by atoms with Crippen LogP contribution in [0.15, 0.2) is 75.3 Å². The highest BCUT2D eigenvalue weighted by molar-refractivity contribution is 7.99.